The van der Waals surface area contributed by atoms with Crippen LogP contribution in [-0.2, 0) is 20.7 Å². The summed E-state index contributed by atoms with van der Waals surface area (Å²) in [6.45, 7) is 5.64. The number of aryl methyl sites for hydroxylation is 2. The molecule has 0 aliphatic rings. The number of nitrogens with one attached hydrogen (secondary N) is 1. The zero-order valence-electron chi connectivity index (χ0n) is 15.6. The van der Waals surface area contributed by atoms with Crippen LogP contribution in [0.5, 0.6) is 0 Å². The third-order valence-electron chi connectivity index (χ3n) is 4.54. The van der Waals surface area contributed by atoms with E-state index < -0.39 is 5.97 Å². The van der Waals surface area contributed by atoms with E-state index in [0.717, 1.165) is 10.9 Å². The van der Waals surface area contributed by atoms with Gasteiger partial charge in [0.05, 0.1) is 12.5 Å². The van der Waals surface area contributed by atoms with Crippen molar-refractivity contribution < 1.29 is 18.8 Å². The number of fused-ring (bicyclic) bond motifs is 1. The molecule has 6 heteroatoms. The molecule has 0 saturated heterocycles. The van der Waals surface area contributed by atoms with Crippen molar-refractivity contribution in [1.29, 1.82) is 0 Å². The molecule has 1 amide bonds. The van der Waals surface area contributed by atoms with E-state index >= 15 is 0 Å². The lowest BCUT2D eigenvalue weighted by atomic mass is 10.0. The second-order valence-corrected chi connectivity index (χ2v) is 6.60. The van der Waals surface area contributed by atoms with Gasteiger partial charge in [-0.25, -0.2) is 0 Å². The number of esters is 1. The monoisotopic (exact) mass is 366 g/mol. The molecule has 1 unspecified atom stereocenters. The molecule has 0 radical (unpaired) electrons. The van der Waals surface area contributed by atoms with E-state index in [9.17, 15) is 9.59 Å². The van der Waals surface area contributed by atoms with Crippen molar-refractivity contribution in [3.63, 3.8) is 0 Å². The quantitative estimate of drug-likeness (QED) is 0.676. The maximum atomic E-state index is 12.1. The summed E-state index contributed by atoms with van der Waals surface area (Å²) in [6, 6.07) is 13.2. The van der Waals surface area contributed by atoms with E-state index in [1.165, 1.54) is 11.1 Å². The normalized spacial score (nSPS) is 12.0. The topological polar surface area (TPSA) is 81.4 Å². The average molecular weight is 366 g/mol. The van der Waals surface area contributed by atoms with Gasteiger partial charge in [-0.1, -0.05) is 35.5 Å². The van der Waals surface area contributed by atoms with Gasteiger partial charge in [-0.05, 0) is 49.6 Å². The van der Waals surface area contributed by atoms with E-state index in [4.69, 9.17) is 9.26 Å². The van der Waals surface area contributed by atoms with Gasteiger partial charge in [0.25, 0.3) is 5.91 Å². The van der Waals surface area contributed by atoms with Crippen LogP contribution < -0.4 is 5.32 Å². The molecule has 140 valence electrons. The number of nitrogens with zero attached hydrogens (tertiary/aromatic N) is 1. The van der Waals surface area contributed by atoms with Crippen LogP contribution in [0.15, 0.2) is 47.0 Å². The van der Waals surface area contributed by atoms with Gasteiger partial charge in [-0.3, -0.25) is 9.59 Å². The molecule has 3 rings (SSSR count). The molecule has 0 fully saturated rings. The molecule has 0 aliphatic carbocycles. The van der Waals surface area contributed by atoms with Crippen molar-refractivity contribution in [2.75, 3.05) is 6.61 Å². The summed E-state index contributed by atoms with van der Waals surface area (Å²) < 4.78 is 10.2. The first-order valence-corrected chi connectivity index (χ1v) is 8.79. The van der Waals surface area contributed by atoms with Crippen molar-refractivity contribution in [3.8, 4) is 0 Å². The zero-order chi connectivity index (χ0) is 19.4. The molecule has 0 spiro atoms. The smallest absolute Gasteiger partial charge is 0.312 e. The lowest BCUT2D eigenvalue weighted by Crippen LogP contribution is -2.31. The lowest BCUT2D eigenvalue weighted by Gasteiger charge is -2.15. The van der Waals surface area contributed by atoms with E-state index in [2.05, 4.69) is 10.5 Å². The Morgan fingerprint density at radius 2 is 1.93 bits per heavy atom. The molecule has 1 heterocycles. The molecule has 2 aromatic carbocycles. The molecule has 1 atom stereocenters. The Morgan fingerprint density at radius 3 is 2.70 bits per heavy atom. The summed E-state index contributed by atoms with van der Waals surface area (Å²) in [5.41, 5.74) is 4.48. The van der Waals surface area contributed by atoms with E-state index in [1.54, 1.807) is 6.07 Å². The van der Waals surface area contributed by atoms with Crippen LogP contribution in [0, 0.1) is 13.8 Å². The van der Waals surface area contributed by atoms with Crippen LogP contribution in [0.4, 0.5) is 0 Å². The summed E-state index contributed by atoms with van der Waals surface area (Å²) >= 11 is 0. The van der Waals surface area contributed by atoms with Gasteiger partial charge < -0.3 is 14.6 Å². The SMILES string of the molecule is Cc1ccc(C(C)NC(=O)COC(=O)Cc2noc3ccccc23)cc1C. The van der Waals surface area contributed by atoms with Crippen LogP contribution in [0.3, 0.4) is 0 Å². The molecule has 1 N–H and O–H groups in total. The van der Waals surface area contributed by atoms with Gasteiger partial charge in [0.1, 0.15) is 5.69 Å². The number of rotatable bonds is 6. The van der Waals surface area contributed by atoms with Gasteiger partial charge in [-0.15, -0.1) is 0 Å². The molecule has 0 bridgehead atoms. The number of benzene rings is 2. The van der Waals surface area contributed by atoms with Gasteiger partial charge in [0, 0.05) is 5.39 Å². The minimum atomic E-state index is -0.525. The third-order valence-corrected chi connectivity index (χ3v) is 4.54. The summed E-state index contributed by atoms with van der Waals surface area (Å²) in [6.07, 6.45) is -0.0446. The molecular formula is C21H22N2O4. The number of aromatic nitrogens is 1. The molecule has 1 aromatic heterocycles. The Bertz CT molecular complexity index is 977. The van der Waals surface area contributed by atoms with Crippen LogP contribution in [0.1, 0.15) is 35.3 Å². The summed E-state index contributed by atoms with van der Waals surface area (Å²) in [7, 11) is 0. The van der Waals surface area contributed by atoms with Crippen molar-refractivity contribution in [2.45, 2.75) is 33.2 Å². The Balaban J connectivity index is 1.51. The maximum Gasteiger partial charge on any atom is 0.312 e. The molecule has 27 heavy (non-hydrogen) atoms. The molecule has 0 aliphatic heterocycles. The Labute approximate surface area is 157 Å². The van der Waals surface area contributed by atoms with Crippen molar-refractivity contribution in [3.05, 3.63) is 64.8 Å². The van der Waals surface area contributed by atoms with E-state index in [0.29, 0.717) is 11.3 Å². The van der Waals surface area contributed by atoms with Gasteiger partial charge in [0.15, 0.2) is 12.2 Å². The molecule has 0 saturated carbocycles. The first-order chi connectivity index (χ1) is 12.9. The fraction of sp³-hybridized carbons (Fsp3) is 0.286. The number of carbonyl (C=O) groups excluding carboxylic acids is 2. The minimum absolute atomic E-state index is 0.0446. The predicted molar refractivity (Wildman–Crippen MR) is 101 cm³/mol. The average Bonchev–Trinajstić information content (AvgIpc) is 3.05. The predicted octanol–water partition coefficient (Wildman–Crippen LogP) is 3.41. The summed E-state index contributed by atoms with van der Waals surface area (Å²) in [5.74, 6) is -0.873. The molecule has 3 aromatic rings. The molecular weight excluding hydrogens is 344 g/mol. The van der Waals surface area contributed by atoms with E-state index in [-0.39, 0.29) is 25.0 Å². The van der Waals surface area contributed by atoms with Gasteiger partial charge >= 0.3 is 5.97 Å². The summed E-state index contributed by atoms with van der Waals surface area (Å²) in [4.78, 5) is 24.1. The number of carbonyl (C=O) groups is 2. The minimum Gasteiger partial charge on any atom is -0.455 e. The highest BCUT2D eigenvalue weighted by molar-refractivity contribution is 5.85. The van der Waals surface area contributed by atoms with Crippen molar-refractivity contribution in [2.24, 2.45) is 0 Å². The Kier molecular flexibility index (Phi) is 5.54. The molecule has 6 nitrogen and oxygen atoms in total. The fourth-order valence-electron chi connectivity index (χ4n) is 2.80. The number of amides is 1. The Hall–Kier alpha value is -3.15. The highest BCUT2D eigenvalue weighted by Gasteiger charge is 2.16. The third kappa shape index (κ3) is 4.53. The van der Waals surface area contributed by atoms with E-state index in [1.807, 2.05) is 57.2 Å². The Morgan fingerprint density at radius 1 is 1.15 bits per heavy atom. The van der Waals surface area contributed by atoms with Gasteiger partial charge in [-0.2, -0.15) is 0 Å². The van der Waals surface area contributed by atoms with Crippen LogP contribution in [0.25, 0.3) is 11.0 Å². The lowest BCUT2D eigenvalue weighted by molar-refractivity contribution is -0.148. The largest absolute Gasteiger partial charge is 0.455 e. The number of hydrogen-bond acceptors (Lipinski definition) is 5. The van der Waals surface area contributed by atoms with Crippen LogP contribution in [-0.4, -0.2) is 23.6 Å². The van der Waals surface area contributed by atoms with Crippen LogP contribution >= 0.6 is 0 Å². The van der Waals surface area contributed by atoms with Crippen molar-refractivity contribution >= 4 is 22.8 Å². The first kappa shape index (κ1) is 18.6. The number of para-hydroxylation sites is 1. The maximum absolute atomic E-state index is 12.1. The standard InChI is InChI=1S/C21H22N2O4/c1-13-8-9-16(10-14(13)2)15(3)22-20(24)12-26-21(25)11-18-17-6-4-5-7-19(17)27-23-18/h4-10,15H,11-12H2,1-3H3,(H,22,24). The first-order valence-electron chi connectivity index (χ1n) is 8.79. The highest BCUT2D eigenvalue weighted by atomic mass is 16.5. The second-order valence-electron chi connectivity index (χ2n) is 6.60. The highest BCUT2D eigenvalue weighted by Crippen LogP contribution is 2.19. The van der Waals surface area contributed by atoms with Crippen LogP contribution in [0.2, 0.25) is 0 Å². The number of hydrogen-bond donors (Lipinski definition) is 1. The van der Waals surface area contributed by atoms with Gasteiger partial charge in [0.2, 0.25) is 0 Å². The number of ether oxygens (including phenoxy) is 1. The second kappa shape index (κ2) is 8.03. The summed E-state index contributed by atoms with van der Waals surface area (Å²) in [5, 5.41) is 7.49. The van der Waals surface area contributed by atoms with Crippen molar-refractivity contribution in [1.82, 2.24) is 10.5 Å². The fourth-order valence-corrected chi connectivity index (χ4v) is 2.80. The zero-order valence-corrected chi connectivity index (χ0v) is 15.6.